The van der Waals surface area contributed by atoms with Crippen molar-refractivity contribution in [2.75, 3.05) is 6.54 Å². The maximum absolute atomic E-state index is 11.8. The second-order valence-electron chi connectivity index (χ2n) is 4.47. The highest BCUT2D eigenvalue weighted by Crippen LogP contribution is 2.17. The van der Waals surface area contributed by atoms with Crippen molar-refractivity contribution in [3.05, 3.63) is 29.3 Å². The van der Waals surface area contributed by atoms with Crippen molar-refractivity contribution in [2.24, 2.45) is 5.92 Å². The number of carbonyl (C=O) groups is 1. The number of amides is 1. The minimum Gasteiger partial charge on any atom is -0.508 e. The number of halogens is 1. The van der Waals surface area contributed by atoms with Gasteiger partial charge >= 0.3 is 0 Å². The summed E-state index contributed by atoms with van der Waals surface area (Å²) in [4.78, 5) is 11.8. The van der Waals surface area contributed by atoms with Crippen LogP contribution in [0.5, 0.6) is 5.75 Å². The Labute approximate surface area is 107 Å². The second kappa shape index (κ2) is 5.92. The van der Waals surface area contributed by atoms with Crippen LogP contribution in [-0.2, 0) is 0 Å². The molecule has 0 fully saturated rings. The quantitative estimate of drug-likeness (QED) is 0.813. The van der Waals surface area contributed by atoms with E-state index in [0.29, 0.717) is 23.6 Å². The van der Waals surface area contributed by atoms with Crippen molar-refractivity contribution in [1.29, 1.82) is 0 Å². The molecule has 1 amide bonds. The standard InChI is InChI=1S/C13H18ClNO2/c1-8(2)11(14)7-15-13(17)10-4-5-12(16)9(3)6-10/h4-6,8,11,16H,7H2,1-3H3,(H,15,17). The topological polar surface area (TPSA) is 49.3 Å². The van der Waals surface area contributed by atoms with Gasteiger partial charge in [0.15, 0.2) is 0 Å². The Morgan fingerprint density at radius 1 is 1.47 bits per heavy atom. The van der Waals surface area contributed by atoms with Crippen LogP contribution >= 0.6 is 11.6 Å². The maximum atomic E-state index is 11.8. The number of rotatable bonds is 4. The molecule has 1 rings (SSSR count). The molecule has 0 aliphatic heterocycles. The largest absolute Gasteiger partial charge is 0.508 e. The molecule has 1 aromatic rings. The number of benzene rings is 1. The van der Waals surface area contributed by atoms with E-state index in [0.717, 1.165) is 0 Å². The zero-order valence-corrected chi connectivity index (χ0v) is 11.1. The molecule has 0 aliphatic carbocycles. The zero-order chi connectivity index (χ0) is 13.0. The van der Waals surface area contributed by atoms with Gasteiger partial charge in [0.1, 0.15) is 5.75 Å². The van der Waals surface area contributed by atoms with E-state index in [4.69, 9.17) is 11.6 Å². The molecule has 0 radical (unpaired) electrons. The molecular formula is C13H18ClNO2. The Morgan fingerprint density at radius 2 is 2.12 bits per heavy atom. The van der Waals surface area contributed by atoms with Crippen molar-refractivity contribution in [1.82, 2.24) is 5.32 Å². The fraction of sp³-hybridized carbons (Fsp3) is 0.462. The molecule has 3 nitrogen and oxygen atoms in total. The Hall–Kier alpha value is -1.22. The molecule has 0 saturated heterocycles. The number of phenols is 1. The van der Waals surface area contributed by atoms with Gasteiger partial charge in [-0.1, -0.05) is 13.8 Å². The van der Waals surface area contributed by atoms with Crippen LogP contribution in [0.1, 0.15) is 29.8 Å². The Kier molecular flexibility index (Phi) is 4.82. The number of alkyl halides is 1. The number of aromatic hydroxyl groups is 1. The molecule has 0 heterocycles. The molecule has 1 unspecified atom stereocenters. The molecule has 1 atom stereocenters. The van der Waals surface area contributed by atoms with E-state index in [-0.39, 0.29) is 17.0 Å². The summed E-state index contributed by atoms with van der Waals surface area (Å²) in [5, 5.41) is 12.1. The molecule has 17 heavy (non-hydrogen) atoms. The lowest BCUT2D eigenvalue weighted by molar-refractivity contribution is 0.0952. The van der Waals surface area contributed by atoms with Gasteiger partial charge in [-0.05, 0) is 36.6 Å². The molecule has 2 N–H and O–H groups in total. The van der Waals surface area contributed by atoms with Crippen molar-refractivity contribution in [3.63, 3.8) is 0 Å². The van der Waals surface area contributed by atoms with Gasteiger partial charge in [-0.15, -0.1) is 11.6 Å². The minimum absolute atomic E-state index is 0.0721. The van der Waals surface area contributed by atoms with Gasteiger partial charge in [0.2, 0.25) is 0 Å². The number of hydrogen-bond acceptors (Lipinski definition) is 2. The van der Waals surface area contributed by atoms with Gasteiger partial charge < -0.3 is 10.4 Å². The van der Waals surface area contributed by atoms with Gasteiger partial charge in [-0.25, -0.2) is 0 Å². The first-order valence-electron chi connectivity index (χ1n) is 5.63. The van der Waals surface area contributed by atoms with E-state index in [1.54, 1.807) is 19.1 Å². The first kappa shape index (κ1) is 13.8. The number of aryl methyl sites for hydroxylation is 1. The Morgan fingerprint density at radius 3 is 2.65 bits per heavy atom. The van der Waals surface area contributed by atoms with Crippen LogP contribution < -0.4 is 5.32 Å². The second-order valence-corrected chi connectivity index (χ2v) is 5.03. The average Bonchev–Trinajstić information content (AvgIpc) is 2.28. The van der Waals surface area contributed by atoms with Crippen LogP contribution in [0.4, 0.5) is 0 Å². The zero-order valence-electron chi connectivity index (χ0n) is 10.3. The minimum atomic E-state index is -0.167. The highest BCUT2D eigenvalue weighted by Gasteiger charge is 2.12. The highest BCUT2D eigenvalue weighted by molar-refractivity contribution is 6.21. The highest BCUT2D eigenvalue weighted by atomic mass is 35.5. The van der Waals surface area contributed by atoms with Crippen LogP contribution in [0, 0.1) is 12.8 Å². The van der Waals surface area contributed by atoms with Gasteiger partial charge in [0.25, 0.3) is 5.91 Å². The van der Waals surface area contributed by atoms with Gasteiger partial charge in [0, 0.05) is 12.1 Å². The molecule has 0 aromatic heterocycles. The van der Waals surface area contributed by atoms with Crippen molar-refractivity contribution in [3.8, 4) is 5.75 Å². The third-order valence-corrected chi connectivity index (χ3v) is 3.30. The fourth-order valence-corrected chi connectivity index (χ4v) is 1.40. The third-order valence-electron chi connectivity index (χ3n) is 2.64. The van der Waals surface area contributed by atoms with Crippen LogP contribution in [-0.4, -0.2) is 22.9 Å². The fourth-order valence-electron chi connectivity index (χ4n) is 1.32. The van der Waals surface area contributed by atoms with Crippen LogP contribution in [0.25, 0.3) is 0 Å². The third kappa shape index (κ3) is 3.93. The summed E-state index contributed by atoms with van der Waals surface area (Å²) >= 11 is 6.05. The first-order chi connectivity index (χ1) is 7.91. The molecule has 0 spiro atoms. The van der Waals surface area contributed by atoms with Crippen molar-refractivity contribution >= 4 is 17.5 Å². The molecular weight excluding hydrogens is 238 g/mol. The monoisotopic (exact) mass is 255 g/mol. The lowest BCUT2D eigenvalue weighted by Gasteiger charge is -2.14. The Bertz CT molecular complexity index is 404. The summed E-state index contributed by atoms with van der Waals surface area (Å²) < 4.78 is 0. The first-order valence-corrected chi connectivity index (χ1v) is 6.07. The van der Waals surface area contributed by atoms with Crippen molar-refractivity contribution in [2.45, 2.75) is 26.1 Å². The molecule has 1 aromatic carbocycles. The number of hydrogen-bond donors (Lipinski definition) is 2. The molecule has 0 saturated carbocycles. The smallest absolute Gasteiger partial charge is 0.251 e. The summed E-state index contributed by atoms with van der Waals surface area (Å²) in [7, 11) is 0. The van der Waals surface area contributed by atoms with Crippen molar-refractivity contribution < 1.29 is 9.90 Å². The van der Waals surface area contributed by atoms with Crippen LogP contribution in [0.15, 0.2) is 18.2 Å². The predicted molar refractivity (Wildman–Crippen MR) is 69.7 cm³/mol. The lowest BCUT2D eigenvalue weighted by atomic mass is 10.1. The Balaban J connectivity index is 2.61. The average molecular weight is 256 g/mol. The van der Waals surface area contributed by atoms with Crippen LogP contribution in [0.3, 0.4) is 0 Å². The maximum Gasteiger partial charge on any atom is 0.251 e. The summed E-state index contributed by atoms with van der Waals surface area (Å²) in [6.45, 7) is 6.21. The number of carbonyl (C=O) groups excluding carboxylic acids is 1. The van der Waals surface area contributed by atoms with E-state index in [2.05, 4.69) is 5.32 Å². The van der Waals surface area contributed by atoms with E-state index < -0.39 is 0 Å². The molecule has 94 valence electrons. The summed E-state index contributed by atoms with van der Waals surface area (Å²) in [5.41, 5.74) is 1.22. The SMILES string of the molecule is Cc1cc(C(=O)NCC(Cl)C(C)C)ccc1O. The van der Waals surface area contributed by atoms with E-state index >= 15 is 0 Å². The molecule has 0 aliphatic rings. The predicted octanol–water partition coefficient (Wildman–Crippen LogP) is 2.69. The molecule has 0 bridgehead atoms. The normalized spacial score (nSPS) is 12.5. The van der Waals surface area contributed by atoms with E-state index in [9.17, 15) is 9.90 Å². The summed E-state index contributed by atoms with van der Waals surface area (Å²) in [6, 6.07) is 4.77. The molecule has 4 heteroatoms. The lowest BCUT2D eigenvalue weighted by Crippen LogP contribution is -2.31. The van der Waals surface area contributed by atoms with Crippen LogP contribution in [0.2, 0.25) is 0 Å². The number of phenolic OH excluding ortho intramolecular Hbond substituents is 1. The summed E-state index contributed by atoms with van der Waals surface area (Å²) in [6.07, 6.45) is 0. The van der Waals surface area contributed by atoms with Gasteiger partial charge in [0.05, 0.1) is 5.38 Å². The van der Waals surface area contributed by atoms with Gasteiger partial charge in [-0.3, -0.25) is 4.79 Å². The van der Waals surface area contributed by atoms with Gasteiger partial charge in [-0.2, -0.15) is 0 Å². The van der Waals surface area contributed by atoms with E-state index in [1.165, 1.54) is 6.07 Å². The summed E-state index contributed by atoms with van der Waals surface area (Å²) in [5.74, 6) is 0.344. The van der Waals surface area contributed by atoms with E-state index in [1.807, 2.05) is 13.8 Å². The number of nitrogens with one attached hydrogen (secondary N) is 1.